The van der Waals surface area contributed by atoms with E-state index in [1.165, 1.54) is 6.07 Å². The van der Waals surface area contributed by atoms with Gasteiger partial charge in [-0.15, -0.1) is 0 Å². The van der Waals surface area contributed by atoms with E-state index in [9.17, 15) is 14.0 Å². The lowest BCUT2D eigenvalue weighted by molar-refractivity contribution is -0.134. The SMILES string of the molecule is C[C@H]1CN(c2cc(F)c(Cl)c3ccoc23)[C@@H](C)CN1.O=C(O)/C=C/C(=O)O. The highest BCUT2D eigenvalue weighted by Gasteiger charge is 2.26. The first-order chi connectivity index (χ1) is 12.7. The van der Waals surface area contributed by atoms with Crippen LogP contribution in [0.5, 0.6) is 0 Å². The minimum absolute atomic E-state index is 0.128. The minimum atomic E-state index is -1.26. The van der Waals surface area contributed by atoms with E-state index in [2.05, 4.69) is 24.1 Å². The number of benzene rings is 1. The second-order valence-electron chi connectivity index (χ2n) is 6.18. The highest BCUT2D eigenvalue weighted by molar-refractivity contribution is 6.36. The molecule has 0 radical (unpaired) electrons. The number of carbonyl (C=O) groups is 2. The summed E-state index contributed by atoms with van der Waals surface area (Å²) in [4.78, 5) is 21.3. The Morgan fingerprint density at radius 3 is 2.56 bits per heavy atom. The van der Waals surface area contributed by atoms with Gasteiger partial charge in [-0.1, -0.05) is 11.6 Å². The molecule has 1 aromatic carbocycles. The molecule has 0 spiro atoms. The number of halogens is 2. The zero-order chi connectivity index (χ0) is 20.1. The molecule has 2 atom stereocenters. The lowest BCUT2D eigenvalue weighted by Gasteiger charge is -2.39. The van der Waals surface area contributed by atoms with Crippen molar-refractivity contribution in [1.82, 2.24) is 5.32 Å². The lowest BCUT2D eigenvalue weighted by Crippen LogP contribution is -2.54. The Kier molecular flexibility index (Phi) is 6.81. The Hall–Kier alpha value is -2.58. The number of furan rings is 1. The van der Waals surface area contributed by atoms with Crippen LogP contribution in [0.1, 0.15) is 13.8 Å². The summed E-state index contributed by atoms with van der Waals surface area (Å²) in [6, 6.07) is 3.83. The van der Waals surface area contributed by atoms with Gasteiger partial charge < -0.3 is 24.8 Å². The van der Waals surface area contributed by atoms with E-state index < -0.39 is 17.8 Å². The average molecular weight is 399 g/mol. The van der Waals surface area contributed by atoms with Crippen LogP contribution in [-0.4, -0.2) is 47.3 Å². The highest BCUT2D eigenvalue weighted by Crippen LogP contribution is 2.36. The molecule has 1 saturated heterocycles. The number of anilines is 1. The molecule has 0 amide bonds. The van der Waals surface area contributed by atoms with Crippen LogP contribution in [0.3, 0.4) is 0 Å². The van der Waals surface area contributed by atoms with Gasteiger partial charge in [0.15, 0.2) is 5.58 Å². The van der Waals surface area contributed by atoms with Gasteiger partial charge >= 0.3 is 11.9 Å². The number of nitrogens with one attached hydrogen (secondary N) is 1. The number of aliphatic carboxylic acids is 2. The molecule has 2 aromatic rings. The Morgan fingerprint density at radius 1 is 1.33 bits per heavy atom. The van der Waals surface area contributed by atoms with Crippen molar-refractivity contribution in [2.45, 2.75) is 25.9 Å². The van der Waals surface area contributed by atoms with Crippen LogP contribution in [0.15, 0.2) is 35.0 Å². The standard InChI is InChI=1S/C14H16ClFN2O.C4H4O4/c1-8-7-18(9(2)6-17-8)12-5-11(16)13(15)10-3-4-19-14(10)12;5-3(6)1-2-4(7)8/h3-5,8-9,17H,6-7H2,1-2H3;1-2H,(H,5,6)(H,7,8)/b;2-1+/t8-,9-;/m0./s1. The van der Waals surface area contributed by atoms with Gasteiger partial charge in [0.1, 0.15) is 5.82 Å². The molecule has 3 N–H and O–H groups in total. The predicted molar refractivity (Wildman–Crippen MR) is 99.9 cm³/mol. The van der Waals surface area contributed by atoms with Crippen molar-refractivity contribution in [3.63, 3.8) is 0 Å². The average Bonchev–Trinajstić information content (AvgIpc) is 3.09. The van der Waals surface area contributed by atoms with Crippen LogP contribution in [0, 0.1) is 5.82 Å². The summed E-state index contributed by atoms with van der Waals surface area (Å²) >= 11 is 5.98. The summed E-state index contributed by atoms with van der Waals surface area (Å²) in [5.74, 6) is -2.91. The first kappa shape index (κ1) is 20.7. The molecule has 2 heterocycles. The number of hydrogen-bond donors (Lipinski definition) is 3. The molecule has 27 heavy (non-hydrogen) atoms. The molecule has 0 saturated carbocycles. The summed E-state index contributed by atoms with van der Waals surface area (Å²) in [5, 5.41) is 19.8. The van der Waals surface area contributed by atoms with Gasteiger partial charge in [-0.3, -0.25) is 0 Å². The fraction of sp³-hybridized carbons (Fsp3) is 0.333. The summed E-state index contributed by atoms with van der Waals surface area (Å²) in [6.45, 7) is 5.91. The Balaban J connectivity index is 0.000000279. The molecule has 7 nitrogen and oxygen atoms in total. The molecule has 1 fully saturated rings. The van der Waals surface area contributed by atoms with Crippen molar-refractivity contribution in [2.24, 2.45) is 0 Å². The third-order valence-electron chi connectivity index (χ3n) is 4.05. The third kappa shape index (κ3) is 5.21. The van der Waals surface area contributed by atoms with Crippen LogP contribution in [-0.2, 0) is 9.59 Å². The topological polar surface area (TPSA) is 103 Å². The molecule has 0 unspecified atom stereocenters. The van der Waals surface area contributed by atoms with Gasteiger partial charge in [0, 0.05) is 48.8 Å². The molecule has 9 heteroatoms. The molecule has 146 valence electrons. The maximum absolute atomic E-state index is 14.0. The number of rotatable bonds is 3. The van der Waals surface area contributed by atoms with Crippen LogP contribution < -0.4 is 10.2 Å². The lowest BCUT2D eigenvalue weighted by atomic mass is 10.1. The Morgan fingerprint density at radius 2 is 1.96 bits per heavy atom. The molecule has 1 aromatic heterocycles. The van der Waals surface area contributed by atoms with E-state index >= 15 is 0 Å². The van der Waals surface area contributed by atoms with Crippen molar-refractivity contribution in [2.75, 3.05) is 18.0 Å². The zero-order valence-electron chi connectivity index (χ0n) is 14.8. The first-order valence-corrected chi connectivity index (χ1v) is 8.57. The summed E-state index contributed by atoms with van der Waals surface area (Å²) in [7, 11) is 0. The number of nitrogens with zero attached hydrogens (tertiary/aromatic N) is 1. The van der Waals surface area contributed by atoms with Crippen LogP contribution in [0.2, 0.25) is 5.02 Å². The molecule has 0 aliphatic carbocycles. The molecular formula is C18H20ClFN2O5. The van der Waals surface area contributed by atoms with Gasteiger partial charge in [0.05, 0.1) is 17.0 Å². The fourth-order valence-electron chi connectivity index (χ4n) is 2.77. The van der Waals surface area contributed by atoms with Gasteiger partial charge in [-0.05, 0) is 19.9 Å². The van der Waals surface area contributed by atoms with Crippen molar-refractivity contribution in [1.29, 1.82) is 0 Å². The van der Waals surface area contributed by atoms with E-state index in [4.69, 9.17) is 26.2 Å². The molecule has 1 aliphatic rings. The maximum Gasteiger partial charge on any atom is 0.328 e. The molecule has 0 bridgehead atoms. The van der Waals surface area contributed by atoms with Gasteiger partial charge in [-0.2, -0.15) is 0 Å². The zero-order valence-corrected chi connectivity index (χ0v) is 15.5. The summed E-state index contributed by atoms with van der Waals surface area (Å²) < 4.78 is 19.5. The summed E-state index contributed by atoms with van der Waals surface area (Å²) in [6.07, 6.45) is 2.67. The van der Waals surface area contributed by atoms with E-state index in [1.54, 1.807) is 12.3 Å². The minimum Gasteiger partial charge on any atom is -0.478 e. The monoisotopic (exact) mass is 398 g/mol. The highest BCUT2D eigenvalue weighted by atomic mass is 35.5. The number of fused-ring (bicyclic) bond motifs is 1. The van der Waals surface area contributed by atoms with Crippen LogP contribution in [0.4, 0.5) is 10.1 Å². The number of piperazine rings is 1. The Labute approximate surface area is 160 Å². The first-order valence-electron chi connectivity index (χ1n) is 8.19. The molecule has 1 aliphatic heterocycles. The van der Waals surface area contributed by atoms with E-state index in [0.29, 0.717) is 29.2 Å². The van der Waals surface area contributed by atoms with Gasteiger partial charge in [0.2, 0.25) is 0 Å². The van der Waals surface area contributed by atoms with Crippen molar-refractivity contribution in [3.05, 3.63) is 41.4 Å². The molecular weight excluding hydrogens is 379 g/mol. The molecule has 3 rings (SSSR count). The fourth-order valence-corrected chi connectivity index (χ4v) is 2.97. The van der Waals surface area contributed by atoms with Gasteiger partial charge in [0.25, 0.3) is 0 Å². The second-order valence-corrected chi connectivity index (χ2v) is 6.55. The Bertz CT molecular complexity index is 851. The van der Waals surface area contributed by atoms with E-state index in [0.717, 1.165) is 18.8 Å². The van der Waals surface area contributed by atoms with Gasteiger partial charge in [-0.25, -0.2) is 14.0 Å². The van der Waals surface area contributed by atoms with E-state index in [-0.39, 0.29) is 11.1 Å². The van der Waals surface area contributed by atoms with Crippen molar-refractivity contribution < 1.29 is 28.6 Å². The third-order valence-corrected chi connectivity index (χ3v) is 4.43. The number of carboxylic acids is 2. The maximum atomic E-state index is 14.0. The van der Waals surface area contributed by atoms with E-state index in [1.807, 2.05) is 0 Å². The van der Waals surface area contributed by atoms with Crippen LogP contribution >= 0.6 is 11.6 Å². The number of carboxylic acid groups (broad SMARTS) is 2. The van der Waals surface area contributed by atoms with Crippen molar-refractivity contribution >= 4 is 40.2 Å². The van der Waals surface area contributed by atoms with Crippen molar-refractivity contribution in [3.8, 4) is 0 Å². The smallest absolute Gasteiger partial charge is 0.328 e. The number of hydrogen-bond acceptors (Lipinski definition) is 5. The normalized spacial score (nSPS) is 19.8. The second kappa shape index (κ2) is 8.88. The predicted octanol–water partition coefficient (Wildman–Crippen LogP) is 3.12. The summed E-state index contributed by atoms with van der Waals surface area (Å²) in [5.41, 5.74) is 1.44. The van der Waals surface area contributed by atoms with Crippen LogP contribution in [0.25, 0.3) is 11.0 Å². The quantitative estimate of drug-likeness (QED) is 0.682. The largest absolute Gasteiger partial charge is 0.478 e.